The normalized spacial score (nSPS) is 10.3. The Hall–Kier alpha value is -3.03. The van der Waals surface area contributed by atoms with Gasteiger partial charge in [0.2, 0.25) is 0 Å². The summed E-state index contributed by atoms with van der Waals surface area (Å²) in [7, 11) is 5.77. The maximum atomic E-state index is 12.4. The Kier molecular flexibility index (Phi) is 4.54. The number of benzene rings is 1. The van der Waals surface area contributed by atoms with Crippen LogP contribution in [0.4, 0.5) is 5.82 Å². The predicted molar refractivity (Wildman–Crippen MR) is 84.4 cm³/mol. The van der Waals surface area contributed by atoms with Gasteiger partial charge in [-0.05, 0) is 12.1 Å². The lowest BCUT2D eigenvalue weighted by atomic mass is 10.2. The molecular weight excluding hydrogens is 302 g/mol. The van der Waals surface area contributed by atoms with E-state index >= 15 is 0 Å². The van der Waals surface area contributed by atoms with Crippen LogP contribution in [0, 0.1) is 0 Å². The number of amides is 1. The number of ether oxygens (including phenoxy) is 2. The Morgan fingerprint density at radius 1 is 0.957 bits per heavy atom. The molecule has 0 radical (unpaired) electrons. The first-order chi connectivity index (χ1) is 10.9. The van der Waals surface area contributed by atoms with Crippen LogP contribution in [0.2, 0.25) is 0 Å². The van der Waals surface area contributed by atoms with Crippen LogP contribution in [0.15, 0.2) is 33.9 Å². The molecule has 0 unspecified atom stereocenters. The van der Waals surface area contributed by atoms with Gasteiger partial charge in [-0.2, -0.15) is 0 Å². The molecule has 1 heterocycles. The fourth-order valence-corrected chi connectivity index (χ4v) is 1.98. The molecule has 0 aliphatic heterocycles. The van der Waals surface area contributed by atoms with E-state index in [9.17, 15) is 14.4 Å². The molecule has 0 bridgehead atoms. The van der Waals surface area contributed by atoms with Crippen molar-refractivity contribution in [2.45, 2.75) is 0 Å². The van der Waals surface area contributed by atoms with E-state index < -0.39 is 17.2 Å². The molecule has 0 saturated heterocycles. The number of carbonyl (C=O) groups excluding carboxylic acids is 1. The van der Waals surface area contributed by atoms with Gasteiger partial charge < -0.3 is 14.8 Å². The summed E-state index contributed by atoms with van der Waals surface area (Å²) in [5.74, 6) is 0.509. The summed E-state index contributed by atoms with van der Waals surface area (Å²) >= 11 is 0. The van der Waals surface area contributed by atoms with Gasteiger partial charge >= 0.3 is 5.69 Å². The topological polar surface area (TPSA) is 91.6 Å². The molecule has 0 atom stereocenters. The Balaban J connectivity index is 2.40. The highest BCUT2D eigenvalue weighted by Crippen LogP contribution is 2.23. The van der Waals surface area contributed by atoms with Gasteiger partial charge in [0.1, 0.15) is 17.3 Å². The van der Waals surface area contributed by atoms with Gasteiger partial charge in [0, 0.05) is 31.8 Å². The highest BCUT2D eigenvalue weighted by atomic mass is 16.5. The fraction of sp³-hybridized carbons (Fsp3) is 0.267. The first-order valence-corrected chi connectivity index (χ1v) is 6.69. The summed E-state index contributed by atoms with van der Waals surface area (Å²) < 4.78 is 12.3. The van der Waals surface area contributed by atoms with Crippen LogP contribution in [-0.4, -0.2) is 29.3 Å². The third kappa shape index (κ3) is 3.25. The van der Waals surface area contributed by atoms with E-state index in [0.717, 1.165) is 4.57 Å². The lowest BCUT2D eigenvalue weighted by molar-refractivity contribution is 0.102. The van der Waals surface area contributed by atoms with E-state index in [2.05, 4.69) is 5.32 Å². The zero-order chi connectivity index (χ0) is 17.1. The molecule has 0 fully saturated rings. The average molecular weight is 319 g/mol. The molecular formula is C15H17N3O5. The number of aromatic nitrogens is 2. The number of carbonyl (C=O) groups is 1. The Labute approximate surface area is 131 Å². The zero-order valence-electron chi connectivity index (χ0n) is 13.2. The van der Waals surface area contributed by atoms with Crippen molar-refractivity contribution >= 4 is 11.7 Å². The van der Waals surface area contributed by atoms with Gasteiger partial charge in [-0.1, -0.05) is 0 Å². The number of hydrogen-bond acceptors (Lipinski definition) is 5. The number of nitrogens with one attached hydrogen (secondary N) is 1. The standard InChI is InChI=1S/C15H17N3O5/c1-17-12(8-13(19)18(2)15(17)21)16-14(20)9-5-10(22-3)7-11(6-9)23-4/h5-8H,1-4H3,(H,16,20). The Bertz CT molecular complexity index is 844. The molecule has 0 aliphatic rings. The van der Waals surface area contributed by atoms with Crippen LogP contribution in [0.25, 0.3) is 0 Å². The van der Waals surface area contributed by atoms with Crippen molar-refractivity contribution in [2.75, 3.05) is 19.5 Å². The second-order valence-electron chi connectivity index (χ2n) is 4.82. The number of anilines is 1. The van der Waals surface area contributed by atoms with Crippen molar-refractivity contribution in [1.82, 2.24) is 9.13 Å². The summed E-state index contributed by atoms with van der Waals surface area (Å²) in [6.45, 7) is 0. The first kappa shape index (κ1) is 16.3. The van der Waals surface area contributed by atoms with Crippen molar-refractivity contribution in [3.05, 3.63) is 50.7 Å². The summed E-state index contributed by atoms with van der Waals surface area (Å²) in [5, 5.41) is 2.54. The minimum Gasteiger partial charge on any atom is -0.497 e. The summed E-state index contributed by atoms with van der Waals surface area (Å²) in [6.07, 6.45) is 0. The molecule has 23 heavy (non-hydrogen) atoms. The second-order valence-corrected chi connectivity index (χ2v) is 4.82. The van der Waals surface area contributed by atoms with Gasteiger partial charge in [0.15, 0.2) is 0 Å². The zero-order valence-corrected chi connectivity index (χ0v) is 13.2. The van der Waals surface area contributed by atoms with E-state index in [1.807, 2.05) is 0 Å². The maximum absolute atomic E-state index is 12.4. The minimum absolute atomic E-state index is 0.102. The predicted octanol–water partition coefficient (Wildman–Crippen LogP) is 0.353. The van der Waals surface area contributed by atoms with Gasteiger partial charge in [0.05, 0.1) is 14.2 Å². The number of methoxy groups -OCH3 is 2. The molecule has 1 amide bonds. The number of nitrogens with zero attached hydrogens (tertiary/aromatic N) is 2. The van der Waals surface area contributed by atoms with Crippen LogP contribution >= 0.6 is 0 Å². The largest absolute Gasteiger partial charge is 0.497 e. The molecule has 2 rings (SSSR count). The molecule has 2 aromatic rings. The van der Waals surface area contributed by atoms with Crippen LogP contribution in [0.1, 0.15) is 10.4 Å². The summed E-state index contributed by atoms with van der Waals surface area (Å²) in [6, 6.07) is 5.86. The van der Waals surface area contributed by atoms with Crippen LogP contribution in [0.3, 0.4) is 0 Å². The Morgan fingerprint density at radius 2 is 1.52 bits per heavy atom. The fourth-order valence-electron chi connectivity index (χ4n) is 1.98. The molecule has 0 aliphatic carbocycles. The molecule has 1 aromatic carbocycles. The van der Waals surface area contributed by atoms with E-state index in [0.29, 0.717) is 11.5 Å². The molecule has 8 nitrogen and oxygen atoms in total. The van der Waals surface area contributed by atoms with Gasteiger partial charge in [-0.15, -0.1) is 0 Å². The maximum Gasteiger partial charge on any atom is 0.332 e. The lowest BCUT2D eigenvalue weighted by Gasteiger charge is -2.12. The smallest absolute Gasteiger partial charge is 0.332 e. The molecule has 1 aromatic heterocycles. The number of hydrogen-bond donors (Lipinski definition) is 1. The number of rotatable bonds is 4. The van der Waals surface area contributed by atoms with E-state index in [1.54, 1.807) is 6.07 Å². The molecule has 0 spiro atoms. The second kappa shape index (κ2) is 6.39. The monoisotopic (exact) mass is 319 g/mol. The highest BCUT2D eigenvalue weighted by Gasteiger charge is 2.13. The van der Waals surface area contributed by atoms with Crippen LogP contribution < -0.4 is 26.0 Å². The van der Waals surface area contributed by atoms with Gasteiger partial charge in [-0.25, -0.2) is 4.79 Å². The van der Waals surface area contributed by atoms with Crippen molar-refractivity contribution < 1.29 is 14.3 Å². The van der Waals surface area contributed by atoms with E-state index in [-0.39, 0.29) is 11.4 Å². The lowest BCUT2D eigenvalue weighted by Crippen LogP contribution is -2.38. The van der Waals surface area contributed by atoms with Crippen LogP contribution in [0.5, 0.6) is 11.5 Å². The van der Waals surface area contributed by atoms with Crippen LogP contribution in [-0.2, 0) is 14.1 Å². The van der Waals surface area contributed by atoms with Crippen molar-refractivity contribution in [1.29, 1.82) is 0 Å². The van der Waals surface area contributed by atoms with E-state index in [4.69, 9.17) is 9.47 Å². The molecule has 0 saturated carbocycles. The summed E-state index contributed by atoms with van der Waals surface area (Å²) in [4.78, 5) is 35.9. The average Bonchev–Trinajstić information content (AvgIpc) is 2.57. The van der Waals surface area contributed by atoms with E-state index in [1.165, 1.54) is 51.1 Å². The third-order valence-electron chi connectivity index (χ3n) is 3.38. The van der Waals surface area contributed by atoms with Crippen molar-refractivity contribution in [3.8, 4) is 11.5 Å². The molecule has 122 valence electrons. The third-order valence-corrected chi connectivity index (χ3v) is 3.38. The van der Waals surface area contributed by atoms with Gasteiger partial charge in [0.25, 0.3) is 11.5 Å². The SMILES string of the molecule is COc1cc(OC)cc(C(=O)Nc2cc(=O)n(C)c(=O)n2C)c1. The Morgan fingerprint density at radius 3 is 2.04 bits per heavy atom. The molecule has 1 N–H and O–H groups in total. The quantitative estimate of drug-likeness (QED) is 0.878. The highest BCUT2D eigenvalue weighted by molar-refractivity contribution is 6.04. The minimum atomic E-state index is -0.531. The van der Waals surface area contributed by atoms with Crippen molar-refractivity contribution in [2.24, 2.45) is 14.1 Å². The summed E-state index contributed by atoms with van der Waals surface area (Å²) in [5.41, 5.74) is -0.767. The van der Waals surface area contributed by atoms with Crippen molar-refractivity contribution in [3.63, 3.8) is 0 Å². The first-order valence-electron chi connectivity index (χ1n) is 6.69. The molecule has 8 heteroatoms. The van der Waals surface area contributed by atoms with Gasteiger partial charge in [-0.3, -0.25) is 18.7 Å².